The molecule has 1 atom stereocenters. The highest BCUT2D eigenvalue weighted by molar-refractivity contribution is 5.98. The molecule has 1 saturated heterocycles. The van der Waals surface area contributed by atoms with Gasteiger partial charge in [0.05, 0.1) is 6.10 Å². The molecule has 0 saturated carbocycles. The average Bonchev–Trinajstić information content (AvgIpc) is 3.29. The van der Waals surface area contributed by atoms with Crippen molar-refractivity contribution in [2.45, 2.75) is 52.9 Å². The van der Waals surface area contributed by atoms with Crippen molar-refractivity contribution in [2.75, 3.05) is 6.61 Å². The number of carbonyl (C=O) groups is 1. The second-order valence-electron chi connectivity index (χ2n) is 7.30. The van der Waals surface area contributed by atoms with Gasteiger partial charge in [-0.2, -0.15) is 5.26 Å². The van der Waals surface area contributed by atoms with Crippen LogP contribution in [0.2, 0.25) is 0 Å². The Kier molecular flexibility index (Phi) is 6.33. The second-order valence-corrected chi connectivity index (χ2v) is 7.30. The van der Waals surface area contributed by atoms with Crippen molar-refractivity contribution >= 4 is 12.0 Å². The van der Waals surface area contributed by atoms with Crippen LogP contribution in [-0.4, -0.2) is 23.2 Å². The van der Waals surface area contributed by atoms with Gasteiger partial charge in [0.1, 0.15) is 18.2 Å². The number of hydrogen-bond acceptors (Lipinski definition) is 4. The van der Waals surface area contributed by atoms with Gasteiger partial charge in [0.15, 0.2) is 0 Å². The lowest BCUT2D eigenvalue weighted by Crippen LogP contribution is -2.16. The number of benzene rings is 1. The van der Waals surface area contributed by atoms with Crippen LogP contribution in [0, 0.1) is 32.1 Å². The van der Waals surface area contributed by atoms with Crippen LogP contribution in [0.5, 0.6) is 0 Å². The Labute approximate surface area is 166 Å². The highest BCUT2D eigenvalue weighted by Gasteiger charge is 2.19. The summed E-state index contributed by atoms with van der Waals surface area (Å²) < 4.78 is 13.2. The highest BCUT2D eigenvalue weighted by Crippen LogP contribution is 2.22. The van der Waals surface area contributed by atoms with E-state index in [2.05, 4.69) is 4.57 Å². The molecule has 146 valence electrons. The van der Waals surface area contributed by atoms with Crippen molar-refractivity contribution in [3.05, 3.63) is 64.0 Å². The largest absolute Gasteiger partial charge is 0.457 e. The van der Waals surface area contributed by atoms with Crippen LogP contribution >= 0.6 is 0 Å². The topological polar surface area (TPSA) is 64.2 Å². The number of nitriles is 1. The van der Waals surface area contributed by atoms with E-state index in [1.165, 1.54) is 0 Å². The maximum atomic E-state index is 12.4. The van der Waals surface area contributed by atoms with Crippen molar-refractivity contribution in [2.24, 2.45) is 0 Å². The fraction of sp³-hybridized carbons (Fsp3) is 0.391. The number of esters is 1. The molecule has 0 bridgehead atoms. The molecule has 1 aliphatic heterocycles. The van der Waals surface area contributed by atoms with E-state index in [1.54, 1.807) is 6.08 Å². The summed E-state index contributed by atoms with van der Waals surface area (Å²) in [7, 11) is 0. The number of rotatable bonds is 6. The highest BCUT2D eigenvalue weighted by atomic mass is 16.5. The van der Waals surface area contributed by atoms with Gasteiger partial charge in [-0.1, -0.05) is 29.8 Å². The monoisotopic (exact) mass is 378 g/mol. The minimum atomic E-state index is -0.605. The number of carbonyl (C=O) groups excluding carboxylic acids is 1. The van der Waals surface area contributed by atoms with E-state index in [0.29, 0.717) is 0 Å². The molecule has 1 aliphatic rings. The van der Waals surface area contributed by atoms with Crippen LogP contribution in [0.25, 0.3) is 6.08 Å². The summed E-state index contributed by atoms with van der Waals surface area (Å²) in [6.45, 7) is 7.80. The first-order valence-corrected chi connectivity index (χ1v) is 9.60. The lowest BCUT2D eigenvalue weighted by molar-refractivity contribution is -0.139. The summed E-state index contributed by atoms with van der Waals surface area (Å²) in [5.41, 5.74) is 5.01. The lowest BCUT2D eigenvalue weighted by Gasteiger charge is -2.14. The molecular weight excluding hydrogens is 352 g/mol. The molecule has 0 N–H and O–H groups in total. The molecule has 0 amide bonds. The predicted molar refractivity (Wildman–Crippen MR) is 107 cm³/mol. The smallest absolute Gasteiger partial charge is 0.349 e. The molecule has 3 rings (SSSR count). The van der Waals surface area contributed by atoms with E-state index in [0.717, 1.165) is 54.1 Å². The number of aryl methyl sites for hydroxylation is 2. The van der Waals surface area contributed by atoms with Gasteiger partial charge in [-0.3, -0.25) is 0 Å². The van der Waals surface area contributed by atoms with Crippen molar-refractivity contribution in [1.82, 2.24) is 4.57 Å². The van der Waals surface area contributed by atoms with Crippen LogP contribution in [0.4, 0.5) is 0 Å². The molecule has 1 fully saturated rings. The summed E-state index contributed by atoms with van der Waals surface area (Å²) in [5, 5.41) is 9.44. The molecule has 0 spiro atoms. The quantitative estimate of drug-likeness (QED) is 0.428. The first-order chi connectivity index (χ1) is 13.5. The van der Waals surface area contributed by atoms with Crippen LogP contribution in [0.3, 0.4) is 0 Å². The van der Waals surface area contributed by atoms with Gasteiger partial charge in [0, 0.05) is 24.5 Å². The normalized spacial score (nSPS) is 16.8. The van der Waals surface area contributed by atoms with E-state index < -0.39 is 5.97 Å². The Bertz CT molecular complexity index is 911. The summed E-state index contributed by atoms with van der Waals surface area (Å²) >= 11 is 0. The molecule has 5 nitrogen and oxygen atoms in total. The van der Waals surface area contributed by atoms with Gasteiger partial charge in [0.25, 0.3) is 0 Å². The third-order valence-electron chi connectivity index (χ3n) is 5.15. The molecule has 0 radical (unpaired) electrons. The molecule has 0 aliphatic carbocycles. The van der Waals surface area contributed by atoms with Crippen molar-refractivity contribution < 1.29 is 14.3 Å². The van der Waals surface area contributed by atoms with Gasteiger partial charge in [0.2, 0.25) is 0 Å². The van der Waals surface area contributed by atoms with E-state index in [1.807, 2.05) is 57.2 Å². The molecule has 1 aromatic heterocycles. The Hall–Kier alpha value is -2.84. The zero-order valence-corrected chi connectivity index (χ0v) is 16.7. The Balaban J connectivity index is 1.71. The molecule has 2 aromatic rings. The Morgan fingerprint density at radius 3 is 2.71 bits per heavy atom. The fourth-order valence-corrected chi connectivity index (χ4v) is 3.45. The van der Waals surface area contributed by atoms with E-state index in [9.17, 15) is 10.1 Å². The number of aromatic nitrogens is 1. The van der Waals surface area contributed by atoms with Gasteiger partial charge in [-0.05, 0) is 56.9 Å². The van der Waals surface area contributed by atoms with Crippen LogP contribution in [0.1, 0.15) is 40.9 Å². The SMILES string of the molecule is Cc1ccc(COC(=O)/C(C#N)=C/c2cc(C)n(C[C@H]3CCCO3)c2C)cc1. The summed E-state index contributed by atoms with van der Waals surface area (Å²) in [5.74, 6) is -0.605. The first-order valence-electron chi connectivity index (χ1n) is 9.60. The van der Waals surface area contributed by atoms with Gasteiger partial charge >= 0.3 is 5.97 Å². The maximum absolute atomic E-state index is 12.4. The lowest BCUT2D eigenvalue weighted by atomic mass is 10.1. The van der Waals surface area contributed by atoms with Crippen molar-refractivity contribution in [3.8, 4) is 6.07 Å². The molecule has 0 unspecified atom stereocenters. The first kappa shape index (κ1) is 19.9. The molecule has 1 aromatic carbocycles. The molecule has 28 heavy (non-hydrogen) atoms. The second kappa shape index (κ2) is 8.90. The third-order valence-corrected chi connectivity index (χ3v) is 5.15. The molecular formula is C23H26N2O3. The van der Waals surface area contributed by atoms with Gasteiger partial charge in [-0.15, -0.1) is 0 Å². The summed E-state index contributed by atoms with van der Waals surface area (Å²) in [4.78, 5) is 12.4. The Morgan fingerprint density at radius 2 is 2.07 bits per heavy atom. The van der Waals surface area contributed by atoms with Crippen molar-refractivity contribution in [3.63, 3.8) is 0 Å². The average molecular weight is 378 g/mol. The third kappa shape index (κ3) is 4.71. The number of nitrogens with zero attached hydrogens (tertiary/aromatic N) is 2. The van der Waals surface area contributed by atoms with E-state index in [-0.39, 0.29) is 18.3 Å². The number of hydrogen-bond donors (Lipinski definition) is 0. The fourth-order valence-electron chi connectivity index (χ4n) is 3.45. The minimum absolute atomic E-state index is 0.00415. The minimum Gasteiger partial charge on any atom is -0.457 e. The molecule has 5 heteroatoms. The zero-order chi connectivity index (χ0) is 20.1. The molecule has 2 heterocycles. The van der Waals surface area contributed by atoms with Crippen LogP contribution < -0.4 is 0 Å². The number of ether oxygens (including phenoxy) is 2. The van der Waals surface area contributed by atoms with Crippen molar-refractivity contribution in [1.29, 1.82) is 5.26 Å². The Morgan fingerprint density at radius 1 is 1.32 bits per heavy atom. The summed E-state index contributed by atoms with van der Waals surface area (Å²) in [6, 6.07) is 11.7. The van der Waals surface area contributed by atoms with Gasteiger partial charge < -0.3 is 14.0 Å². The zero-order valence-electron chi connectivity index (χ0n) is 16.7. The predicted octanol–water partition coefficient (Wildman–Crippen LogP) is 4.24. The van der Waals surface area contributed by atoms with E-state index in [4.69, 9.17) is 9.47 Å². The van der Waals surface area contributed by atoms with Crippen LogP contribution in [-0.2, 0) is 27.4 Å². The standard InChI is InChI=1S/C23H26N2O3/c1-16-6-8-19(9-7-16)15-28-23(26)21(13-24)12-20-11-17(2)25(18(20)3)14-22-5-4-10-27-22/h6-9,11-12,22H,4-5,10,14-15H2,1-3H3/b21-12+/t22-/m1/s1. The van der Waals surface area contributed by atoms with Gasteiger partial charge in [-0.25, -0.2) is 4.79 Å². The van der Waals surface area contributed by atoms with Crippen LogP contribution in [0.15, 0.2) is 35.9 Å². The summed E-state index contributed by atoms with van der Waals surface area (Å²) in [6.07, 6.45) is 4.02. The van der Waals surface area contributed by atoms with E-state index >= 15 is 0 Å². The maximum Gasteiger partial charge on any atom is 0.349 e.